The molecular weight excluding hydrogens is 262 g/mol. The zero-order valence-corrected chi connectivity index (χ0v) is 11.6. The quantitative estimate of drug-likeness (QED) is 0.262. The summed E-state index contributed by atoms with van der Waals surface area (Å²) in [6, 6.07) is 4.02. The molecule has 3 N–H and O–H groups in total. The number of benzene rings is 1. The molecule has 110 valence electrons. The number of nitro groups is 1. The van der Waals surface area contributed by atoms with E-state index >= 15 is 0 Å². The van der Waals surface area contributed by atoms with Crippen LogP contribution in [0, 0.1) is 16.0 Å². The fourth-order valence-corrected chi connectivity index (χ4v) is 1.82. The molecule has 0 spiro atoms. The number of hydrogen-bond acceptors (Lipinski definition) is 5. The number of rotatable bonds is 7. The predicted octanol–water partition coefficient (Wildman–Crippen LogP) is 2.50. The van der Waals surface area contributed by atoms with Gasteiger partial charge >= 0.3 is 0 Å². The minimum atomic E-state index is -0.544. The normalized spacial score (nSPS) is 13.0. The second-order valence-electron chi connectivity index (χ2n) is 4.63. The predicted molar refractivity (Wildman–Crippen MR) is 75.2 cm³/mol. The molecule has 0 aliphatic rings. The molecular formula is C13H19N3O4. The van der Waals surface area contributed by atoms with Gasteiger partial charge in [0.15, 0.2) is 5.84 Å². The van der Waals surface area contributed by atoms with Crippen molar-refractivity contribution in [2.75, 3.05) is 6.61 Å². The van der Waals surface area contributed by atoms with Crippen LogP contribution in [0.1, 0.15) is 32.3 Å². The molecule has 1 unspecified atom stereocenters. The Kier molecular flexibility index (Phi) is 5.76. The highest BCUT2D eigenvalue weighted by atomic mass is 16.6. The van der Waals surface area contributed by atoms with E-state index in [0.717, 1.165) is 12.8 Å². The maximum atomic E-state index is 10.7. The first-order valence-corrected chi connectivity index (χ1v) is 6.38. The average molecular weight is 281 g/mol. The molecule has 0 bridgehead atoms. The van der Waals surface area contributed by atoms with E-state index in [-0.39, 0.29) is 17.1 Å². The lowest BCUT2D eigenvalue weighted by Gasteiger charge is -2.14. The van der Waals surface area contributed by atoms with Crippen molar-refractivity contribution < 1.29 is 14.9 Å². The van der Waals surface area contributed by atoms with Gasteiger partial charge in [-0.15, -0.1) is 0 Å². The van der Waals surface area contributed by atoms with Gasteiger partial charge in [-0.25, -0.2) is 0 Å². The topological polar surface area (TPSA) is 111 Å². The van der Waals surface area contributed by atoms with Gasteiger partial charge in [0.25, 0.3) is 5.69 Å². The third kappa shape index (κ3) is 4.11. The van der Waals surface area contributed by atoms with E-state index in [1.807, 2.05) is 0 Å². The van der Waals surface area contributed by atoms with Crippen molar-refractivity contribution in [2.45, 2.75) is 26.7 Å². The highest BCUT2D eigenvalue weighted by Gasteiger charge is 2.15. The molecule has 1 rings (SSSR count). The van der Waals surface area contributed by atoms with Gasteiger partial charge in [0.05, 0.1) is 17.1 Å². The van der Waals surface area contributed by atoms with Crippen molar-refractivity contribution in [2.24, 2.45) is 16.8 Å². The third-order valence-electron chi connectivity index (χ3n) is 2.86. The van der Waals surface area contributed by atoms with Crippen LogP contribution in [0.4, 0.5) is 5.69 Å². The van der Waals surface area contributed by atoms with Gasteiger partial charge in [-0.2, -0.15) is 0 Å². The molecule has 0 aliphatic heterocycles. The minimum absolute atomic E-state index is 0.138. The van der Waals surface area contributed by atoms with Gasteiger partial charge in [-0.1, -0.05) is 25.4 Å². The lowest BCUT2D eigenvalue weighted by atomic mass is 10.1. The van der Waals surface area contributed by atoms with Crippen molar-refractivity contribution in [3.8, 4) is 5.75 Å². The van der Waals surface area contributed by atoms with Gasteiger partial charge in [0.2, 0.25) is 0 Å². The van der Waals surface area contributed by atoms with Crippen LogP contribution in [0.25, 0.3) is 0 Å². The maximum absolute atomic E-state index is 10.7. The summed E-state index contributed by atoms with van der Waals surface area (Å²) in [5, 5.41) is 22.4. The fraction of sp³-hybridized carbons (Fsp3) is 0.462. The molecule has 20 heavy (non-hydrogen) atoms. The number of non-ortho nitro benzene ring substituents is 1. The van der Waals surface area contributed by atoms with E-state index in [4.69, 9.17) is 15.7 Å². The van der Waals surface area contributed by atoms with Crippen LogP contribution in [0.2, 0.25) is 0 Å². The average Bonchev–Trinajstić information content (AvgIpc) is 2.44. The van der Waals surface area contributed by atoms with E-state index in [1.165, 1.54) is 18.2 Å². The van der Waals surface area contributed by atoms with Crippen molar-refractivity contribution in [3.63, 3.8) is 0 Å². The van der Waals surface area contributed by atoms with Gasteiger partial charge in [0.1, 0.15) is 5.75 Å². The Morgan fingerprint density at radius 1 is 1.60 bits per heavy atom. The van der Waals surface area contributed by atoms with Crippen LogP contribution < -0.4 is 10.5 Å². The lowest BCUT2D eigenvalue weighted by Crippen LogP contribution is -2.17. The first-order valence-electron chi connectivity index (χ1n) is 6.38. The minimum Gasteiger partial charge on any atom is -0.493 e. The van der Waals surface area contributed by atoms with Crippen molar-refractivity contribution in [1.29, 1.82) is 0 Å². The Balaban J connectivity index is 2.97. The SMILES string of the molecule is CCCC(C)COc1ccc([N+](=O)[O-])cc1/C(N)=N/O. The first kappa shape index (κ1) is 15.7. The highest BCUT2D eigenvalue weighted by Crippen LogP contribution is 2.25. The van der Waals surface area contributed by atoms with Crippen molar-refractivity contribution in [3.05, 3.63) is 33.9 Å². The molecule has 0 aliphatic carbocycles. The van der Waals surface area contributed by atoms with E-state index in [1.54, 1.807) is 0 Å². The largest absolute Gasteiger partial charge is 0.493 e. The molecule has 7 heteroatoms. The summed E-state index contributed by atoms with van der Waals surface area (Å²) < 4.78 is 5.61. The highest BCUT2D eigenvalue weighted by molar-refractivity contribution is 6.00. The van der Waals surface area contributed by atoms with E-state index in [0.29, 0.717) is 18.3 Å². The third-order valence-corrected chi connectivity index (χ3v) is 2.86. The van der Waals surface area contributed by atoms with Crippen LogP contribution in [0.15, 0.2) is 23.4 Å². The molecule has 7 nitrogen and oxygen atoms in total. The number of nitro benzene ring substituents is 1. The summed E-state index contributed by atoms with van der Waals surface area (Å²) >= 11 is 0. The fourth-order valence-electron chi connectivity index (χ4n) is 1.82. The molecule has 0 amide bonds. The van der Waals surface area contributed by atoms with Crippen molar-refractivity contribution in [1.82, 2.24) is 0 Å². The van der Waals surface area contributed by atoms with Crippen LogP contribution >= 0.6 is 0 Å². The van der Waals surface area contributed by atoms with Crippen LogP contribution in [0.5, 0.6) is 5.75 Å². The Morgan fingerprint density at radius 2 is 2.30 bits per heavy atom. The maximum Gasteiger partial charge on any atom is 0.270 e. The Labute approximate surface area is 117 Å². The first-order chi connectivity index (χ1) is 9.49. The molecule has 1 aromatic rings. The van der Waals surface area contributed by atoms with E-state index in [9.17, 15) is 10.1 Å². The zero-order valence-electron chi connectivity index (χ0n) is 11.6. The standard InChI is InChI=1S/C13H19N3O4/c1-3-4-9(2)8-20-12-6-5-10(16(18)19)7-11(12)13(14)15-17/h5-7,9,17H,3-4,8H2,1-2H3,(H2,14,15). The van der Waals surface area contributed by atoms with Gasteiger partial charge < -0.3 is 15.7 Å². The van der Waals surface area contributed by atoms with Gasteiger partial charge in [-0.3, -0.25) is 10.1 Å². The summed E-state index contributed by atoms with van der Waals surface area (Å²) in [7, 11) is 0. The summed E-state index contributed by atoms with van der Waals surface area (Å²) in [6.45, 7) is 4.61. The number of nitrogens with zero attached hydrogens (tertiary/aromatic N) is 2. The molecule has 1 aromatic carbocycles. The molecule has 1 atom stereocenters. The molecule has 0 aromatic heterocycles. The van der Waals surface area contributed by atoms with E-state index < -0.39 is 4.92 Å². The second kappa shape index (κ2) is 7.32. The number of amidine groups is 1. The molecule has 0 saturated heterocycles. The molecule has 0 saturated carbocycles. The molecule has 0 heterocycles. The summed E-state index contributed by atoms with van der Waals surface area (Å²) in [6.07, 6.45) is 2.07. The zero-order chi connectivity index (χ0) is 15.1. The van der Waals surface area contributed by atoms with Crippen molar-refractivity contribution >= 4 is 11.5 Å². The second-order valence-corrected chi connectivity index (χ2v) is 4.63. The lowest BCUT2D eigenvalue weighted by molar-refractivity contribution is -0.384. The number of ether oxygens (including phenoxy) is 1. The summed E-state index contributed by atoms with van der Waals surface area (Å²) in [5.74, 6) is 0.510. The molecule has 0 fully saturated rings. The van der Waals surface area contributed by atoms with Crippen LogP contribution in [-0.4, -0.2) is 22.6 Å². The number of nitrogens with two attached hydrogens (primary N) is 1. The Hall–Kier alpha value is -2.31. The monoisotopic (exact) mass is 281 g/mol. The summed E-state index contributed by atoms with van der Waals surface area (Å²) in [5.41, 5.74) is 5.60. The smallest absolute Gasteiger partial charge is 0.270 e. The van der Waals surface area contributed by atoms with Gasteiger partial charge in [0, 0.05) is 12.1 Å². The number of oxime groups is 1. The van der Waals surface area contributed by atoms with Gasteiger partial charge in [-0.05, 0) is 18.4 Å². The number of hydrogen-bond donors (Lipinski definition) is 2. The van der Waals surface area contributed by atoms with Crippen LogP contribution in [-0.2, 0) is 0 Å². The van der Waals surface area contributed by atoms with Crippen LogP contribution in [0.3, 0.4) is 0 Å². The molecule has 0 radical (unpaired) electrons. The Morgan fingerprint density at radius 3 is 2.85 bits per heavy atom. The van der Waals surface area contributed by atoms with E-state index in [2.05, 4.69) is 19.0 Å². The summed E-state index contributed by atoms with van der Waals surface area (Å²) in [4.78, 5) is 10.2. The Bertz CT molecular complexity index is 502.